The third-order valence-corrected chi connectivity index (χ3v) is 7.19. The molecule has 1 fully saturated rings. The van der Waals surface area contributed by atoms with E-state index in [9.17, 15) is 4.79 Å². The average molecular weight is 546 g/mol. The van der Waals surface area contributed by atoms with Gasteiger partial charge in [-0.1, -0.05) is 55.3 Å². The van der Waals surface area contributed by atoms with E-state index in [1.807, 2.05) is 18.2 Å². The number of anilines is 3. The zero-order valence-electron chi connectivity index (χ0n) is 23.0. The number of carbonyl (C=O) groups is 1. The Labute approximate surface area is 235 Å². The molecule has 0 atom stereocenters. The lowest BCUT2D eigenvalue weighted by atomic mass is 10.0. The first-order valence-corrected chi connectivity index (χ1v) is 14.3. The molecule has 2 aromatic carbocycles. The fourth-order valence-corrected chi connectivity index (χ4v) is 5.05. The molecule has 5 rings (SSSR count). The number of hydrogen-bond donors (Lipinski definition) is 3. The van der Waals surface area contributed by atoms with Crippen molar-refractivity contribution in [2.45, 2.75) is 44.7 Å². The van der Waals surface area contributed by atoms with Crippen LogP contribution in [0.25, 0.3) is 0 Å². The van der Waals surface area contributed by atoms with Crippen LogP contribution in [0.5, 0.6) is 0 Å². The third-order valence-electron chi connectivity index (χ3n) is 7.19. The number of benzene rings is 2. The molecule has 3 N–H and O–H groups in total. The van der Waals surface area contributed by atoms with E-state index in [4.69, 9.17) is 19.4 Å². The molecule has 0 unspecified atom stereocenters. The van der Waals surface area contributed by atoms with Crippen LogP contribution in [0.1, 0.15) is 47.2 Å². The topological polar surface area (TPSA) is 114 Å². The zero-order chi connectivity index (χ0) is 27.4. The first kappa shape index (κ1) is 27.8. The highest BCUT2D eigenvalue weighted by Gasteiger charge is 2.21. The van der Waals surface area contributed by atoms with Crippen molar-refractivity contribution in [3.63, 3.8) is 0 Å². The molecule has 0 radical (unpaired) electrons. The molecule has 40 heavy (non-hydrogen) atoms. The first-order chi connectivity index (χ1) is 19.7. The third kappa shape index (κ3) is 8.12. The maximum absolute atomic E-state index is 12.0. The maximum Gasteiger partial charge on any atom is 0.251 e. The van der Waals surface area contributed by atoms with Crippen LogP contribution in [0.15, 0.2) is 54.6 Å². The molecule has 2 heterocycles. The van der Waals surface area contributed by atoms with E-state index >= 15 is 0 Å². The number of aromatic nitrogens is 3. The van der Waals surface area contributed by atoms with Gasteiger partial charge in [0, 0.05) is 37.8 Å². The Kier molecular flexibility index (Phi) is 10.1. The average Bonchev–Trinajstić information content (AvgIpc) is 3.51. The first-order valence-electron chi connectivity index (χ1n) is 14.3. The number of rotatable bonds is 14. The number of hydrogen-bond acceptors (Lipinski definition) is 9. The molecular formula is C30H39N7O3. The highest BCUT2D eigenvalue weighted by Crippen LogP contribution is 2.25. The summed E-state index contributed by atoms with van der Waals surface area (Å²) in [7, 11) is 0. The minimum absolute atomic E-state index is 0.0975. The highest BCUT2D eigenvalue weighted by molar-refractivity contribution is 5.94. The molecule has 1 aromatic heterocycles. The van der Waals surface area contributed by atoms with Crippen LogP contribution >= 0.6 is 0 Å². The van der Waals surface area contributed by atoms with Gasteiger partial charge in [-0.25, -0.2) is 0 Å². The Bertz CT molecular complexity index is 1220. The van der Waals surface area contributed by atoms with Crippen molar-refractivity contribution in [2.75, 3.05) is 61.6 Å². The molecular weight excluding hydrogens is 506 g/mol. The Hall–Kier alpha value is -3.76. The predicted molar refractivity (Wildman–Crippen MR) is 156 cm³/mol. The van der Waals surface area contributed by atoms with Gasteiger partial charge < -0.3 is 30.3 Å². The van der Waals surface area contributed by atoms with Crippen molar-refractivity contribution in [3.8, 4) is 0 Å². The summed E-state index contributed by atoms with van der Waals surface area (Å²) in [5.41, 5.74) is 3.36. The lowest BCUT2D eigenvalue weighted by molar-refractivity contribution is 0.0519. The summed E-state index contributed by atoms with van der Waals surface area (Å²) in [6, 6.07) is 18.1. The summed E-state index contributed by atoms with van der Waals surface area (Å²) in [5, 5.41) is 9.68. The van der Waals surface area contributed by atoms with Crippen LogP contribution in [0.2, 0.25) is 0 Å². The molecule has 212 valence electrons. The maximum atomic E-state index is 12.0. The van der Waals surface area contributed by atoms with Crippen molar-refractivity contribution in [1.29, 1.82) is 0 Å². The van der Waals surface area contributed by atoms with Crippen molar-refractivity contribution >= 4 is 23.8 Å². The van der Waals surface area contributed by atoms with Gasteiger partial charge >= 0.3 is 0 Å². The molecule has 3 aromatic rings. The van der Waals surface area contributed by atoms with Crippen molar-refractivity contribution in [3.05, 3.63) is 71.3 Å². The van der Waals surface area contributed by atoms with E-state index in [1.165, 1.54) is 24.0 Å². The van der Waals surface area contributed by atoms with E-state index in [0.29, 0.717) is 69.0 Å². The fraction of sp³-hybridized carbons (Fsp3) is 0.467. The van der Waals surface area contributed by atoms with Gasteiger partial charge in [0.25, 0.3) is 5.91 Å². The second-order valence-electron chi connectivity index (χ2n) is 10.1. The monoisotopic (exact) mass is 545 g/mol. The number of carbonyl (C=O) groups excluding carboxylic acids is 1. The van der Waals surface area contributed by atoms with Crippen molar-refractivity contribution in [2.24, 2.45) is 0 Å². The molecule has 0 spiro atoms. The molecule has 0 saturated heterocycles. The summed E-state index contributed by atoms with van der Waals surface area (Å²) in [4.78, 5) is 28.4. The number of amides is 1. The van der Waals surface area contributed by atoms with E-state index in [2.05, 4.69) is 50.1 Å². The van der Waals surface area contributed by atoms with Crippen LogP contribution in [0, 0.1) is 0 Å². The van der Waals surface area contributed by atoms with Crippen LogP contribution < -0.4 is 20.9 Å². The van der Waals surface area contributed by atoms with Gasteiger partial charge in [0.2, 0.25) is 17.8 Å². The Balaban J connectivity index is 1.04. The van der Waals surface area contributed by atoms with Gasteiger partial charge in [-0.2, -0.15) is 15.0 Å². The minimum Gasteiger partial charge on any atom is -0.377 e. The van der Waals surface area contributed by atoms with Gasteiger partial charge in [-0.15, -0.1) is 0 Å². The molecule has 10 nitrogen and oxygen atoms in total. The van der Waals surface area contributed by atoms with Crippen molar-refractivity contribution in [1.82, 2.24) is 20.3 Å². The highest BCUT2D eigenvalue weighted by atomic mass is 16.5. The van der Waals surface area contributed by atoms with Gasteiger partial charge in [0.15, 0.2) is 0 Å². The van der Waals surface area contributed by atoms with Crippen LogP contribution in [-0.2, 0) is 22.4 Å². The molecule has 1 amide bonds. The molecule has 10 heteroatoms. The van der Waals surface area contributed by atoms with Gasteiger partial charge in [0.1, 0.15) is 0 Å². The lowest BCUT2D eigenvalue weighted by Gasteiger charge is -2.29. The summed E-state index contributed by atoms with van der Waals surface area (Å²) in [6.07, 6.45) is 5.76. The quantitative estimate of drug-likeness (QED) is 0.261. The van der Waals surface area contributed by atoms with E-state index in [0.717, 1.165) is 32.4 Å². The smallest absolute Gasteiger partial charge is 0.251 e. The molecule has 1 aliphatic heterocycles. The lowest BCUT2D eigenvalue weighted by Crippen LogP contribution is -2.32. The molecule has 1 aliphatic carbocycles. The van der Waals surface area contributed by atoms with Gasteiger partial charge in [-0.3, -0.25) is 4.79 Å². The van der Waals surface area contributed by atoms with E-state index in [-0.39, 0.29) is 5.91 Å². The van der Waals surface area contributed by atoms with Crippen molar-refractivity contribution < 1.29 is 14.3 Å². The summed E-state index contributed by atoms with van der Waals surface area (Å²) in [5.74, 6) is 1.78. The second-order valence-corrected chi connectivity index (χ2v) is 10.1. The van der Waals surface area contributed by atoms with E-state index in [1.54, 1.807) is 12.1 Å². The van der Waals surface area contributed by atoms with Crippen LogP contribution in [0.3, 0.4) is 0 Å². The van der Waals surface area contributed by atoms with Crippen LogP contribution in [0.4, 0.5) is 17.8 Å². The SMILES string of the molecule is O=C(NCCOCCOCCNc1nc(NC2CCCC2)nc(N2CCc3ccccc3C2)n1)c1ccccc1. The largest absolute Gasteiger partial charge is 0.377 e. The second kappa shape index (κ2) is 14.6. The Morgan fingerprint density at radius 2 is 1.52 bits per heavy atom. The Morgan fingerprint density at radius 1 is 0.825 bits per heavy atom. The van der Waals surface area contributed by atoms with E-state index < -0.39 is 0 Å². The molecule has 2 aliphatic rings. The molecule has 0 bridgehead atoms. The summed E-state index contributed by atoms with van der Waals surface area (Å²) in [6.45, 7) is 4.56. The normalized spacial score (nSPS) is 15.1. The number of fused-ring (bicyclic) bond motifs is 1. The number of nitrogens with one attached hydrogen (secondary N) is 3. The standard InChI is InChI=1S/C30H39N7O3/c38-27(24-9-2-1-3-10-24)31-15-18-39-20-21-40-19-16-32-28-34-29(33-26-12-6-7-13-26)36-30(35-28)37-17-14-23-8-4-5-11-25(23)22-37/h1-5,8-11,26H,6-7,12-22H2,(H,31,38)(H2,32,33,34,35,36). The summed E-state index contributed by atoms with van der Waals surface area (Å²) < 4.78 is 11.3. The Morgan fingerprint density at radius 3 is 2.33 bits per heavy atom. The predicted octanol–water partition coefficient (Wildman–Crippen LogP) is 3.66. The molecule has 1 saturated carbocycles. The zero-order valence-corrected chi connectivity index (χ0v) is 23.0. The number of ether oxygens (including phenoxy) is 2. The minimum atomic E-state index is -0.0975. The fourth-order valence-electron chi connectivity index (χ4n) is 5.05. The van der Waals surface area contributed by atoms with Gasteiger partial charge in [-0.05, 0) is 42.5 Å². The summed E-state index contributed by atoms with van der Waals surface area (Å²) >= 11 is 0. The van der Waals surface area contributed by atoms with Crippen LogP contribution in [-0.4, -0.2) is 73.0 Å². The number of nitrogens with zero attached hydrogens (tertiary/aromatic N) is 4. The van der Waals surface area contributed by atoms with Gasteiger partial charge in [0.05, 0.1) is 26.4 Å².